The second kappa shape index (κ2) is 11.1. The Morgan fingerprint density at radius 1 is 1.13 bits per heavy atom. The lowest BCUT2D eigenvalue weighted by Crippen LogP contribution is -2.51. The van der Waals surface area contributed by atoms with E-state index in [0.29, 0.717) is 25.4 Å². The van der Waals surface area contributed by atoms with Crippen LogP contribution in [0.25, 0.3) is 0 Å². The first-order valence-electron chi connectivity index (χ1n) is 12.8. The van der Waals surface area contributed by atoms with Crippen molar-refractivity contribution in [1.29, 1.82) is 0 Å². The SMILES string of the molecule is O=C(O)CCCN(Cc1ncco1)[C@H]1c2ccccc2N(C(=O)c2ccc(OC(F)(F)F)cc2)[C@@H]2CCC[C@@H]21. The van der Waals surface area contributed by atoms with Crippen molar-refractivity contribution in [2.45, 2.75) is 57.1 Å². The average molecular weight is 544 g/mol. The summed E-state index contributed by atoms with van der Waals surface area (Å²) >= 11 is 0. The summed E-state index contributed by atoms with van der Waals surface area (Å²) in [5.41, 5.74) is 1.94. The zero-order chi connectivity index (χ0) is 27.6. The quantitative estimate of drug-likeness (QED) is 0.364. The van der Waals surface area contributed by atoms with Crippen LogP contribution in [0.15, 0.2) is 65.4 Å². The molecular formula is C28H28F3N3O5. The maximum absolute atomic E-state index is 13.8. The van der Waals surface area contributed by atoms with Gasteiger partial charge in [0.15, 0.2) is 0 Å². The predicted octanol–water partition coefficient (Wildman–Crippen LogP) is 5.81. The predicted molar refractivity (Wildman–Crippen MR) is 134 cm³/mol. The molecule has 2 heterocycles. The minimum atomic E-state index is -4.81. The molecule has 0 spiro atoms. The highest BCUT2D eigenvalue weighted by Crippen LogP contribution is 2.51. The number of aliphatic carboxylic acids is 1. The number of alkyl halides is 3. The molecule has 5 rings (SSSR count). The molecule has 1 aliphatic carbocycles. The molecule has 206 valence electrons. The number of carboxylic acid groups (broad SMARTS) is 1. The van der Waals surface area contributed by atoms with Crippen LogP contribution in [0, 0.1) is 5.92 Å². The summed E-state index contributed by atoms with van der Waals surface area (Å²) in [5, 5.41) is 9.22. The first-order chi connectivity index (χ1) is 18.7. The number of hydrogen-bond acceptors (Lipinski definition) is 6. The third-order valence-corrected chi connectivity index (χ3v) is 7.39. The number of oxazole rings is 1. The molecule has 0 bridgehead atoms. The van der Waals surface area contributed by atoms with E-state index in [1.807, 2.05) is 24.3 Å². The number of nitrogens with zero attached hydrogens (tertiary/aromatic N) is 3. The third kappa shape index (κ3) is 5.93. The maximum Gasteiger partial charge on any atom is 0.573 e. The van der Waals surface area contributed by atoms with Gasteiger partial charge in [0.1, 0.15) is 12.0 Å². The number of carboxylic acids is 1. The first kappa shape index (κ1) is 26.7. The van der Waals surface area contributed by atoms with Gasteiger partial charge in [-0.3, -0.25) is 14.5 Å². The molecule has 8 nitrogen and oxygen atoms in total. The Labute approximate surface area is 223 Å². The van der Waals surface area contributed by atoms with Gasteiger partial charge >= 0.3 is 12.3 Å². The van der Waals surface area contributed by atoms with Crippen LogP contribution in [-0.4, -0.2) is 45.8 Å². The van der Waals surface area contributed by atoms with Crippen LogP contribution < -0.4 is 9.64 Å². The number of amides is 1. The van der Waals surface area contributed by atoms with E-state index in [1.54, 1.807) is 11.1 Å². The van der Waals surface area contributed by atoms with Gasteiger partial charge in [-0.2, -0.15) is 0 Å². The van der Waals surface area contributed by atoms with Crippen molar-refractivity contribution in [2.24, 2.45) is 5.92 Å². The van der Waals surface area contributed by atoms with Gasteiger partial charge < -0.3 is 19.2 Å². The Hall–Kier alpha value is -3.86. The van der Waals surface area contributed by atoms with E-state index in [0.717, 1.165) is 42.6 Å². The van der Waals surface area contributed by atoms with Crippen molar-refractivity contribution in [3.05, 3.63) is 78.0 Å². The molecule has 1 aromatic heterocycles. The molecule has 0 saturated heterocycles. The van der Waals surface area contributed by atoms with Crippen molar-refractivity contribution < 1.29 is 37.0 Å². The number of rotatable bonds is 9. The van der Waals surface area contributed by atoms with Crippen LogP contribution in [-0.2, 0) is 11.3 Å². The standard InChI is InChI=1S/C28H28F3N3O5/c29-28(30,31)39-19-12-10-18(11-13-19)27(37)34-22-7-2-1-5-20(22)26(21-6-3-8-23(21)34)33(15-4-9-25(35)36)17-24-32-14-16-38-24/h1-2,5,7,10-14,16,21,23,26H,3-4,6,8-9,15,17H2,(H,35,36)/t21-,23+,26-/m0/s1. The molecule has 2 aliphatic rings. The second-order valence-corrected chi connectivity index (χ2v) is 9.81. The molecule has 3 aromatic rings. The van der Waals surface area contributed by atoms with Gasteiger partial charge in [-0.15, -0.1) is 13.2 Å². The molecule has 1 saturated carbocycles. The summed E-state index contributed by atoms with van der Waals surface area (Å²) < 4.78 is 47.3. The van der Waals surface area contributed by atoms with E-state index in [1.165, 1.54) is 18.4 Å². The lowest BCUT2D eigenvalue weighted by molar-refractivity contribution is -0.274. The molecule has 2 aromatic carbocycles. The number of halogens is 3. The molecule has 1 fully saturated rings. The smallest absolute Gasteiger partial charge is 0.481 e. The number of aromatic nitrogens is 1. The van der Waals surface area contributed by atoms with Gasteiger partial charge in [-0.25, -0.2) is 4.98 Å². The van der Waals surface area contributed by atoms with Gasteiger partial charge in [0.25, 0.3) is 5.91 Å². The van der Waals surface area contributed by atoms with Gasteiger partial charge in [-0.05, 0) is 67.6 Å². The number of hydrogen-bond donors (Lipinski definition) is 1. The number of fused-ring (bicyclic) bond motifs is 2. The van der Waals surface area contributed by atoms with Crippen LogP contribution in [0.3, 0.4) is 0 Å². The monoisotopic (exact) mass is 543 g/mol. The van der Waals surface area contributed by atoms with E-state index in [-0.39, 0.29) is 41.6 Å². The third-order valence-electron chi connectivity index (χ3n) is 7.39. The summed E-state index contributed by atoms with van der Waals surface area (Å²) in [6.45, 7) is 0.898. The lowest BCUT2D eigenvalue weighted by atomic mass is 9.81. The average Bonchev–Trinajstić information content (AvgIpc) is 3.58. The molecule has 0 radical (unpaired) electrons. The largest absolute Gasteiger partial charge is 0.573 e. The Morgan fingerprint density at radius 2 is 1.90 bits per heavy atom. The highest BCUT2D eigenvalue weighted by Gasteiger charge is 2.48. The number of benzene rings is 2. The van der Waals surface area contributed by atoms with Crippen LogP contribution in [0.4, 0.5) is 18.9 Å². The van der Waals surface area contributed by atoms with Crippen molar-refractivity contribution in [3.8, 4) is 5.75 Å². The summed E-state index contributed by atoms with van der Waals surface area (Å²) in [6.07, 6.45) is 1.29. The normalized spacial score (nSPS) is 20.5. The highest BCUT2D eigenvalue weighted by atomic mass is 19.4. The van der Waals surface area contributed by atoms with Crippen molar-refractivity contribution >= 4 is 17.6 Å². The Kier molecular flexibility index (Phi) is 7.60. The zero-order valence-electron chi connectivity index (χ0n) is 21.0. The fraction of sp³-hybridized carbons (Fsp3) is 0.393. The van der Waals surface area contributed by atoms with Gasteiger partial charge in [-0.1, -0.05) is 24.6 Å². The van der Waals surface area contributed by atoms with Gasteiger partial charge in [0.05, 0.1) is 12.7 Å². The lowest BCUT2D eigenvalue weighted by Gasteiger charge is -2.47. The van der Waals surface area contributed by atoms with Crippen LogP contribution >= 0.6 is 0 Å². The fourth-order valence-corrected chi connectivity index (χ4v) is 5.94. The van der Waals surface area contributed by atoms with Crippen molar-refractivity contribution in [1.82, 2.24) is 9.88 Å². The second-order valence-electron chi connectivity index (χ2n) is 9.81. The molecule has 0 unspecified atom stereocenters. The number of carbonyl (C=O) groups is 2. The maximum atomic E-state index is 13.8. The van der Waals surface area contributed by atoms with Crippen LogP contribution in [0.1, 0.15) is 60.0 Å². The van der Waals surface area contributed by atoms with Gasteiger partial charge in [0, 0.05) is 29.8 Å². The first-order valence-corrected chi connectivity index (χ1v) is 12.8. The molecule has 39 heavy (non-hydrogen) atoms. The van der Waals surface area contributed by atoms with Crippen molar-refractivity contribution in [2.75, 3.05) is 11.4 Å². The van der Waals surface area contributed by atoms with E-state index in [4.69, 9.17) is 4.42 Å². The Morgan fingerprint density at radius 3 is 2.59 bits per heavy atom. The van der Waals surface area contributed by atoms with E-state index in [9.17, 15) is 27.9 Å². The molecule has 11 heteroatoms. The number of anilines is 1. The van der Waals surface area contributed by atoms with Gasteiger partial charge in [0.2, 0.25) is 5.89 Å². The summed E-state index contributed by atoms with van der Waals surface area (Å²) in [4.78, 5) is 33.3. The minimum absolute atomic E-state index is 0.0310. The summed E-state index contributed by atoms with van der Waals surface area (Å²) in [7, 11) is 0. The van der Waals surface area contributed by atoms with Crippen molar-refractivity contribution in [3.63, 3.8) is 0 Å². The number of ether oxygens (including phenoxy) is 1. The molecule has 3 atom stereocenters. The van der Waals surface area contributed by atoms with E-state index in [2.05, 4.69) is 14.6 Å². The summed E-state index contributed by atoms with van der Waals surface area (Å²) in [6, 6.07) is 12.4. The topological polar surface area (TPSA) is 96.1 Å². The summed E-state index contributed by atoms with van der Waals surface area (Å²) in [5.74, 6) is -0.951. The zero-order valence-corrected chi connectivity index (χ0v) is 21.0. The van der Waals surface area contributed by atoms with E-state index >= 15 is 0 Å². The number of para-hydroxylation sites is 1. The highest BCUT2D eigenvalue weighted by molar-refractivity contribution is 6.07. The Balaban J connectivity index is 1.48. The minimum Gasteiger partial charge on any atom is -0.481 e. The number of carbonyl (C=O) groups excluding carboxylic acids is 1. The Bertz CT molecular complexity index is 1300. The molecule has 1 N–H and O–H groups in total. The van der Waals surface area contributed by atoms with Crippen LogP contribution in [0.2, 0.25) is 0 Å². The fourth-order valence-electron chi connectivity index (χ4n) is 5.94. The van der Waals surface area contributed by atoms with E-state index < -0.39 is 12.3 Å². The molecular weight excluding hydrogens is 515 g/mol. The molecule has 1 amide bonds. The van der Waals surface area contributed by atoms with Crippen LogP contribution in [0.5, 0.6) is 5.75 Å². The molecule has 1 aliphatic heterocycles.